The third-order valence-corrected chi connectivity index (χ3v) is 5.44. The van der Waals surface area contributed by atoms with Crippen molar-refractivity contribution in [1.29, 1.82) is 0 Å². The van der Waals surface area contributed by atoms with Gasteiger partial charge in [0.1, 0.15) is 0 Å². The van der Waals surface area contributed by atoms with Gasteiger partial charge >= 0.3 is 6.18 Å². The summed E-state index contributed by atoms with van der Waals surface area (Å²) in [6.07, 6.45) is -3.24. The second kappa shape index (κ2) is 8.97. The number of carbonyl (C=O) groups excluding carboxylic acids is 2. The highest BCUT2D eigenvalue weighted by atomic mass is 19.4. The number of benzene rings is 1. The molecule has 1 aromatic rings. The van der Waals surface area contributed by atoms with Crippen molar-refractivity contribution < 1.29 is 22.8 Å². The highest BCUT2D eigenvalue weighted by Crippen LogP contribution is 2.32. The summed E-state index contributed by atoms with van der Waals surface area (Å²) in [5.74, 6) is -0.232. The van der Waals surface area contributed by atoms with Gasteiger partial charge in [0.2, 0.25) is 11.8 Å². The van der Waals surface area contributed by atoms with E-state index in [1.54, 1.807) is 22.8 Å². The first-order valence-corrected chi connectivity index (χ1v) is 9.82. The van der Waals surface area contributed by atoms with Gasteiger partial charge in [0.05, 0.1) is 11.6 Å². The molecule has 156 valence electrons. The Balaban J connectivity index is 2.09. The number of alkyl halides is 3. The first-order valence-electron chi connectivity index (χ1n) is 9.82. The second-order valence-electron chi connectivity index (χ2n) is 7.68. The lowest BCUT2D eigenvalue weighted by Gasteiger charge is -2.37. The lowest BCUT2D eigenvalue weighted by atomic mass is 9.93. The third kappa shape index (κ3) is 5.06. The van der Waals surface area contributed by atoms with E-state index < -0.39 is 17.8 Å². The van der Waals surface area contributed by atoms with E-state index in [1.807, 2.05) is 20.8 Å². The highest BCUT2D eigenvalue weighted by molar-refractivity contribution is 5.81. The van der Waals surface area contributed by atoms with Gasteiger partial charge in [-0.2, -0.15) is 13.2 Å². The van der Waals surface area contributed by atoms with Crippen LogP contribution in [0.4, 0.5) is 13.2 Å². The molecule has 1 aliphatic rings. The Labute approximate surface area is 164 Å². The maximum absolute atomic E-state index is 13.0. The van der Waals surface area contributed by atoms with E-state index in [0.29, 0.717) is 38.0 Å². The Hall–Kier alpha value is -2.05. The van der Waals surface area contributed by atoms with Crippen molar-refractivity contribution >= 4 is 11.8 Å². The fourth-order valence-corrected chi connectivity index (χ4v) is 3.72. The molecular weight excluding hydrogens is 369 g/mol. The van der Waals surface area contributed by atoms with E-state index in [0.717, 1.165) is 12.1 Å². The molecule has 1 unspecified atom stereocenters. The minimum absolute atomic E-state index is 0.0518. The topological polar surface area (TPSA) is 40.6 Å². The normalized spacial score (nSPS) is 16.9. The smallest absolute Gasteiger partial charge is 0.342 e. The maximum atomic E-state index is 13.0. The van der Waals surface area contributed by atoms with Crippen LogP contribution in [0.15, 0.2) is 24.3 Å². The Bertz CT molecular complexity index is 695. The number of carbonyl (C=O) groups is 2. The Morgan fingerprint density at radius 2 is 1.79 bits per heavy atom. The predicted molar refractivity (Wildman–Crippen MR) is 101 cm³/mol. The lowest BCUT2D eigenvalue weighted by Crippen LogP contribution is -2.46. The fraction of sp³-hybridized carbons (Fsp3) is 0.619. The molecule has 0 bridgehead atoms. The number of halogens is 3. The number of likely N-dealkylation sites (tertiary alicyclic amines) is 1. The molecule has 4 nitrogen and oxygen atoms in total. The minimum atomic E-state index is -4.41. The summed E-state index contributed by atoms with van der Waals surface area (Å²) < 4.78 is 39.0. The molecule has 1 heterocycles. The number of nitrogens with zero attached hydrogens (tertiary/aromatic N) is 2. The van der Waals surface area contributed by atoms with Crippen molar-refractivity contribution in [3.05, 3.63) is 35.4 Å². The van der Waals surface area contributed by atoms with Crippen LogP contribution in [-0.2, 0) is 15.8 Å². The molecule has 28 heavy (non-hydrogen) atoms. The largest absolute Gasteiger partial charge is 0.416 e. The third-order valence-electron chi connectivity index (χ3n) is 5.44. The fourth-order valence-electron chi connectivity index (χ4n) is 3.72. The summed E-state index contributed by atoms with van der Waals surface area (Å²) >= 11 is 0. The average molecular weight is 398 g/mol. The molecule has 0 N–H and O–H groups in total. The molecule has 1 aromatic carbocycles. The molecule has 0 radical (unpaired) electrons. The number of amides is 2. The number of rotatable bonds is 5. The molecule has 1 saturated heterocycles. The molecule has 2 amide bonds. The van der Waals surface area contributed by atoms with Crippen LogP contribution in [0.3, 0.4) is 0 Å². The summed E-state index contributed by atoms with van der Waals surface area (Å²) in [6.45, 7) is 8.81. The van der Waals surface area contributed by atoms with Gasteiger partial charge in [-0.1, -0.05) is 26.0 Å². The molecule has 1 atom stereocenters. The van der Waals surface area contributed by atoms with E-state index in [2.05, 4.69) is 0 Å². The molecule has 0 aromatic heterocycles. The molecule has 0 spiro atoms. The Morgan fingerprint density at radius 1 is 1.18 bits per heavy atom. The van der Waals surface area contributed by atoms with Gasteiger partial charge in [-0.15, -0.1) is 0 Å². The van der Waals surface area contributed by atoms with Gasteiger partial charge in [0, 0.05) is 31.5 Å². The van der Waals surface area contributed by atoms with E-state index in [-0.39, 0.29) is 23.7 Å². The van der Waals surface area contributed by atoms with Crippen LogP contribution >= 0.6 is 0 Å². The van der Waals surface area contributed by atoms with Gasteiger partial charge in [-0.05, 0) is 44.4 Å². The van der Waals surface area contributed by atoms with Gasteiger partial charge in [-0.25, -0.2) is 0 Å². The van der Waals surface area contributed by atoms with Gasteiger partial charge in [0.15, 0.2) is 0 Å². The van der Waals surface area contributed by atoms with Crippen LogP contribution in [-0.4, -0.2) is 41.2 Å². The molecule has 0 saturated carbocycles. The number of piperidine rings is 1. The van der Waals surface area contributed by atoms with E-state index in [4.69, 9.17) is 0 Å². The van der Waals surface area contributed by atoms with E-state index >= 15 is 0 Å². The van der Waals surface area contributed by atoms with Crippen LogP contribution in [0.2, 0.25) is 0 Å². The van der Waals surface area contributed by atoms with Crippen molar-refractivity contribution in [2.24, 2.45) is 11.8 Å². The summed E-state index contributed by atoms with van der Waals surface area (Å²) in [6, 6.07) is 4.71. The van der Waals surface area contributed by atoms with Crippen molar-refractivity contribution in [2.75, 3.05) is 19.6 Å². The highest BCUT2D eigenvalue weighted by Gasteiger charge is 2.34. The summed E-state index contributed by atoms with van der Waals surface area (Å²) in [5.41, 5.74) is -0.238. The van der Waals surface area contributed by atoms with Crippen molar-refractivity contribution in [3.63, 3.8) is 0 Å². The SMILES string of the molecule is CCN(C(=O)C1CCN(C(=O)C(C)C)CC1)C(C)c1cccc(C(F)(F)F)c1. The van der Waals surface area contributed by atoms with E-state index in [9.17, 15) is 22.8 Å². The summed E-state index contributed by atoms with van der Waals surface area (Å²) in [7, 11) is 0. The molecule has 0 aliphatic carbocycles. The monoisotopic (exact) mass is 398 g/mol. The standard InChI is InChI=1S/C21H29F3N2O2/c1-5-26(15(4)17-7-6-8-18(13-17)21(22,23)24)20(28)16-9-11-25(12-10-16)19(27)14(2)3/h6-8,13-16H,5,9-12H2,1-4H3. The molecule has 7 heteroatoms. The Morgan fingerprint density at radius 3 is 2.29 bits per heavy atom. The molecule has 1 aliphatic heterocycles. The van der Waals surface area contributed by atoms with Crippen LogP contribution in [0.25, 0.3) is 0 Å². The quantitative estimate of drug-likeness (QED) is 0.732. The first kappa shape index (κ1) is 22.2. The Kier molecular flexibility index (Phi) is 7.12. The van der Waals surface area contributed by atoms with Crippen molar-refractivity contribution in [2.45, 2.75) is 52.8 Å². The van der Waals surface area contributed by atoms with Crippen LogP contribution in [0.5, 0.6) is 0 Å². The van der Waals surface area contributed by atoms with E-state index in [1.165, 1.54) is 6.07 Å². The summed E-state index contributed by atoms with van der Waals surface area (Å²) in [5, 5.41) is 0. The number of hydrogen-bond acceptors (Lipinski definition) is 2. The zero-order valence-corrected chi connectivity index (χ0v) is 16.9. The minimum Gasteiger partial charge on any atom is -0.342 e. The van der Waals surface area contributed by atoms with Gasteiger partial charge in [0.25, 0.3) is 0 Å². The average Bonchev–Trinajstić information content (AvgIpc) is 2.67. The maximum Gasteiger partial charge on any atom is 0.416 e. The molecule has 2 rings (SSSR count). The molecule has 1 fully saturated rings. The van der Waals surface area contributed by atoms with Crippen LogP contribution in [0.1, 0.15) is 57.7 Å². The first-order chi connectivity index (χ1) is 13.1. The zero-order valence-electron chi connectivity index (χ0n) is 16.9. The van der Waals surface area contributed by atoms with Gasteiger partial charge < -0.3 is 9.80 Å². The van der Waals surface area contributed by atoms with Crippen LogP contribution in [0, 0.1) is 11.8 Å². The van der Waals surface area contributed by atoms with Crippen LogP contribution < -0.4 is 0 Å². The van der Waals surface area contributed by atoms with Crippen molar-refractivity contribution in [3.8, 4) is 0 Å². The summed E-state index contributed by atoms with van der Waals surface area (Å²) in [4.78, 5) is 28.6. The molecular formula is C21H29F3N2O2. The van der Waals surface area contributed by atoms with Gasteiger partial charge in [-0.3, -0.25) is 9.59 Å². The lowest BCUT2D eigenvalue weighted by molar-refractivity contribution is -0.143. The number of hydrogen-bond donors (Lipinski definition) is 0. The zero-order chi connectivity index (χ0) is 21.1. The van der Waals surface area contributed by atoms with Crippen molar-refractivity contribution in [1.82, 2.24) is 9.80 Å². The predicted octanol–water partition coefficient (Wildman–Crippen LogP) is 4.51. The second-order valence-corrected chi connectivity index (χ2v) is 7.68.